The predicted octanol–water partition coefficient (Wildman–Crippen LogP) is 3.30. The zero-order valence-electron chi connectivity index (χ0n) is 8.70. The third-order valence-corrected chi connectivity index (χ3v) is 2.92. The fourth-order valence-electron chi connectivity index (χ4n) is 2.13. The van der Waals surface area contributed by atoms with Crippen molar-refractivity contribution in [3.63, 3.8) is 0 Å². The lowest BCUT2D eigenvalue weighted by Crippen LogP contribution is -2.37. The van der Waals surface area contributed by atoms with Crippen LogP contribution in [0.2, 0.25) is 0 Å². The van der Waals surface area contributed by atoms with Gasteiger partial charge in [-0.25, -0.2) is 0 Å². The average molecular weight is 202 g/mol. The van der Waals surface area contributed by atoms with Gasteiger partial charge in [-0.05, 0) is 24.7 Å². The molecule has 2 heteroatoms. The maximum absolute atomic E-state index is 5.71. The van der Waals surface area contributed by atoms with Gasteiger partial charge in [0.05, 0.1) is 0 Å². The van der Waals surface area contributed by atoms with Crippen LogP contribution in [0.3, 0.4) is 0 Å². The van der Waals surface area contributed by atoms with Gasteiger partial charge in [0.1, 0.15) is 0 Å². The summed E-state index contributed by atoms with van der Waals surface area (Å²) < 4.78 is 0. The monoisotopic (exact) mass is 201 g/mol. The first-order valence-corrected chi connectivity index (χ1v) is 5.44. The Bertz CT molecular complexity index is 187. The van der Waals surface area contributed by atoms with E-state index in [2.05, 4.69) is 25.7 Å². The molecule has 0 radical (unpaired) electrons. The van der Waals surface area contributed by atoms with Crippen LogP contribution in [0.25, 0.3) is 0 Å². The Morgan fingerprint density at radius 3 is 2.85 bits per heavy atom. The molecule has 13 heavy (non-hydrogen) atoms. The van der Waals surface area contributed by atoms with Crippen molar-refractivity contribution in [3.8, 4) is 0 Å². The van der Waals surface area contributed by atoms with E-state index in [1.165, 1.54) is 25.7 Å². The molecule has 0 spiro atoms. The predicted molar refractivity (Wildman–Crippen MR) is 59.0 cm³/mol. The van der Waals surface area contributed by atoms with Crippen LogP contribution >= 0.6 is 11.6 Å². The summed E-state index contributed by atoms with van der Waals surface area (Å²) >= 11 is 5.71. The second kappa shape index (κ2) is 4.47. The van der Waals surface area contributed by atoms with Gasteiger partial charge in [-0.1, -0.05) is 38.4 Å². The standard InChI is InChI=1S/C11H20ClN/c1-9(12)8-13-10-5-4-6-11(2,3)7-10/h10,13H,1,4-8H2,2-3H3. The van der Waals surface area contributed by atoms with E-state index in [4.69, 9.17) is 11.6 Å². The summed E-state index contributed by atoms with van der Waals surface area (Å²) in [5, 5.41) is 4.16. The molecule has 0 saturated heterocycles. The van der Waals surface area contributed by atoms with E-state index in [-0.39, 0.29) is 0 Å². The molecule has 1 unspecified atom stereocenters. The third-order valence-electron chi connectivity index (χ3n) is 2.79. The normalized spacial score (nSPS) is 27.2. The lowest BCUT2D eigenvalue weighted by molar-refractivity contribution is 0.201. The number of hydrogen-bond donors (Lipinski definition) is 1. The van der Waals surface area contributed by atoms with Crippen LogP contribution in [0.5, 0.6) is 0 Å². The molecular formula is C11H20ClN. The van der Waals surface area contributed by atoms with E-state index in [9.17, 15) is 0 Å². The molecule has 0 aromatic rings. The quantitative estimate of drug-likeness (QED) is 0.739. The molecule has 0 aliphatic heterocycles. The highest BCUT2D eigenvalue weighted by atomic mass is 35.5. The molecular weight excluding hydrogens is 182 g/mol. The second-order valence-corrected chi connectivity index (χ2v) is 5.39. The van der Waals surface area contributed by atoms with Crippen LogP contribution in [0.15, 0.2) is 11.6 Å². The molecule has 1 aliphatic rings. The van der Waals surface area contributed by atoms with E-state index >= 15 is 0 Å². The van der Waals surface area contributed by atoms with Crippen molar-refractivity contribution in [2.45, 2.75) is 45.6 Å². The molecule has 0 aromatic heterocycles. The highest BCUT2D eigenvalue weighted by Crippen LogP contribution is 2.35. The van der Waals surface area contributed by atoms with E-state index in [1.807, 2.05) is 0 Å². The summed E-state index contributed by atoms with van der Waals surface area (Å²) in [5.74, 6) is 0. The Hall–Kier alpha value is -0.0100. The van der Waals surface area contributed by atoms with Crippen molar-refractivity contribution < 1.29 is 0 Å². The van der Waals surface area contributed by atoms with E-state index in [0.29, 0.717) is 16.5 Å². The van der Waals surface area contributed by atoms with Crippen LogP contribution in [0.4, 0.5) is 0 Å². The van der Waals surface area contributed by atoms with Crippen molar-refractivity contribution in [2.24, 2.45) is 5.41 Å². The molecule has 0 bridgehead atoms. The molecule has 0 heterocycles. The summed E-state index contributed by atoms with van der Waals surface area (Å²) in [6, 6.07) is 0.638. The summed E-state index contributed by atoms with van der Waals surface area (Å²) in [6.07, 6.45) is 5.23. The van der Waals surface area contributed by atoms with Gasteiger partial charge in [-0.3, -0.25) is 0 Å². The SMILES string of the molecule is C=C(Cl)CNC1CCCC(C)(C)C1. The summed E-state index contributed by atoms with van der Waals surface area (Å²) in [5.41, 5.74) is 0.504. The Labute approximate surface area is 86.5 Å². The number of halogens is 1. The average Bonchev–Trinajstić information content (AvgIpc) is 1.99. The maximum Gasteiger partial charge on any atom is 0.0310 e. The van der Waals surface area contributed by atoms with E-state index < -0.39 is 0 Å². The molecule has 1 aliphatic carbocycles. The van der Waals surface area contributed by atoms with Crippen molar-refractivity contribution in [1.82, 2.24) is 5.32 Å². The van der Waals surface area contributed by atoms with Crippen LogP contribution in [0.1, 0.15) is 39.5 Å². The first kappa shape index (κ1) is 11.1. The van der Waals surface area contributed by atoms with Crippen molar-refractivity contribution in [3.05, 3.63) is 11.6 Å². The number of rotatable bonds is 3. The van der Waals surface area contributed by atoms with Gasteiger partial charge in [0, 0.05) is 17.6 Å². The highest BCUT2D eigenvalue weighted by molar-refractivity contribution is 6.29. The summed E-state index contributed by atoms with van der Waals surface area (Å²) in [4.78, 5) is 0. The minimum atomic E-state index is 0.504. The van der Waals surface area contributed by atoms with Gasteiger partial charge in [0.2, 0.25) is 0 Å². The number of hydrogen-bond acceptors (Lipinski definition) is 1. The minimum Gasteiger partial charge on any atom is -0.309 e. The van der Waals surface area contributed by atoms with Gasteiger partial charge in [0.15, 0.2) is 0 Å². The second-order valence-electron chi connectivity index (χ2n) is 4.86. The van der Waals surface area contributed by atoms with Crippen LogP contribution < -0.4 is 5.32 Å². The molecule has 76 valence electrons. The summed E-state index contributed by atoms with van der Waals surface area (Å²) in [7, 11) is 0. The molecule has 1 saturated carbocycles. The zero-order valence-corrected chi connectivity index (χ0v) is 9.45. The van der Waals surface area contributed by atoms with Gasteiger partial charge in [0.25, 0.3) is 0 Å². The lowest BCUT2D eigenvalue weighted by Gasteiger charge is -2.35. The van der Waals surface area contributed by atoms with Crippen LogP contribution in [-0.4, -0.2) is 12.6 Å². The van der Waals surface area contributed by atoms with Gasteiger partial charge in [-0.2, -0.15) is 0 Å². The smallest absolute Gasteiger partial charge is 0.0310 e. The number of nitrogens with one attached hydrogen (secondary N) is 1. The molecule has 1 atom stereocenters. The van der Waals surface area contributed by atoms with Crippen molar-refractivity contribution >= 4 is 11.6 Å². The van der Waals surface area contributed by atoms with Gasteiger partial charge >= 0.3 is 0 Å². The Balaban J connectivity index is 2.30. The van der Waals surface area contributed by atoms with E-state index in [1.54, 1.807) is 0 Å². The van der Waals surface area contributed by atoms with Crippen molar-refractivity contribution in [2.75, 3.05) is 6.54 Å². The molecule has 1 nitrogen and oxygen atoms in total. The fourth-order valence-corrected chi connectivity index (χ4v) is 2.20. The van der Waals surface area contributed by atoms with Crippen molar-refractivity contribution in [1.29, 1.82) is 0 Å². The topological polar surface area (TPSA) is 12.0 Å². The molecule has 1 N–H and O–H groups in total. The molecule has 1 rings (SSSR count). The molecule has 0 aromatic carbocycles. The van der Waals surface area contributed by atoms with Gasteiger partial charge in [-0.15, -0.1) is 0 Å². The maximum atomic E-state index is 5.71. The van der Waals surface area contributed by atoms with Crippen LogP contribution in [0, 0.1) is 5.41 Å². The van der Waals surface area contributed by atoms with E-state index in [0.717, 1.165) is 6.54 Å². The first-order chi connectivity index (χ1) is 5.99. The third kappa shape index (κ3) is 4.15. The molecule has 1 fully saturated rings. The Kier molecular flexibility index (Phi) is 3.81. The molecule has 0 amide bonds. The van der Waals surface area contributed by atoms with Gasteiger partial charge < -0.3 is 5.32 Å². The lowest BCUT2D eigenvalue weighted by atomic mass is 9.75. The Morgan fingerprint density at radius 2 is 2.31 bits per heavy atom. The Morgan fingerprint density at radius 1 is 1.62 bits per heavy atom. The van der Waals surface area contributed by atoms with Crippen LogP contribution in [-0.2, 0) is 0 Å². The first-order valence-electron chi connectivity index (χ1n) is 5.06. The zero-order chi connectivity index (χ0) is 9.90. The summed E-state index contributed by atoms with van der Waals surface area (Å²) in [6.45, 7) is 9.12. The minimum absolute atomic E-state index is 0.504. The largest absolute Gasteiger partial charge is 0.309 e. The fraction of sp³-hybridized carbons (Fsp3) is 0.818. The highest BCUT2D eigenvalue weighted by Gasteiger charge is 2.27.